The van der Waals surface area contributed by atoms with Gasteiger partial charge in [-0.15, -0.1) is 11.3 Å². The lowest BCUT2D eigenvalue weighted by molar-refractivity contribution is 0.0929. The van der Waals surface area contributed by atoms with Gasteiger partial charge in [0, 0.05) is 18.0 Å². The van der Waals surface area contributed by atoms with Crippen molar-refractivity contribution >= 4 is 16.5 Å². The number of hydrogen-bond donors (Lipinski definition) is 1. The molecule has 0 aromatic carbocycles. The third-order valence-corrected chi connectivity index (χ3v) is 4.30. The second-order valence-corrected chi connectivity index (χ2v) is 5.50. The van der Waals surface area contributed by atoms with Crippen LogP contribution in [0.4, 0.5) is 5.13 Å². The van der Waals surface area contributed by atoms with E-state index >= 15 is 0 Å². The van der Waals surface area contributed by atoms with Crippen LogP contribution in [0.1, 0.15) is 38.9 Å². The van der Waals surface area contributed by atoms with Gasteiger partial charge in [0.25, 0.3) is 0 Å². The molecule has 0 bridgehead atoms. The molecule has 5 heteroatoms. The topological polar surface area (TPSA) is 37.4 Å². The molecule has 0 aliphatic carbocycles. The summed E-state index contributed by atoms with van der Waals surface area (Å²) in [6.45, 7) is 10.1. The van der Waals surface area contributed by atoms with Crippen LogP contribution < -0.4 is 10.2 Å². The van der Waals surface area contributed by atoms with Crippen molar-refractivity contribution < 1.29 is 4.74 Å². The van der Waals surface area contributed by atoms with Crippen molar-refractivity contribution in [1.29, 1.82) is 0 Å². The van der Waals surface area contributed by atoms with E-state index in [-0.39, 0.29) is 0 Å². The van der Waals surface area contributed by atoms with Gasteiger partial charge >= 0.3 is 0 Å². The zero-order chi connectivity index (χ0) is 13.0. The lowest BCUT2D eigenvalue weighted by atomic mass is 10.2. The molecule has 2 unspecified atom stereocenters. The van der Waals surface area contributed by atoms with E-state index in [0.29, 0.717) is 12.1 Å². The van der Waals surface area contributed by atoms with Gasteiger partial charge in [-0.2, -0.15) is 0 Å². The van der Waals surface area contributed by atoms with Crippen molar-refractivity contribution in [3.05, 3.63) is 11.1 Å². The molecule has 0 saturated carbocycles. The fourth-order valence-electron chi connectivity index (χ4n) is 2.26. The van der Waals surface area contributed by atoms with Crippen LogP contribution in [-0.2, 0) is 4.74 Å². The van der Waals surface area contributed by atoms with Crippen LogP contribution >= 0.6 is 11.3 Å². The summed E-state index contributed by atoms with van der Waals surface area (Å²) >= 11 is 1.75. The highest BCUT2D eigenvalue weighted by molar-refractivity contribution is 7.13. The third kappa shape index (κ3) is 3.02. The predicted molar refractivity (Wildman–Crippen MR) is 76.4 cm³/mol. The van der Waals surface area contributed by atoms with Gasteiger partial charge in [-0.3, -0.25) is 0 Å². The fourth-order valence-corrected chi connectivity index (χ4v) is 3.28. The summed E-state index contributed by atoms with van der Waals surface area (Å²) in [4.78, 5) is 7.18. The second-order valence-electron chi connectivity index (χ2n) is 4.66. The number of rotatable bonds is 5. The van der Waals surface area contributed by atoms with E-state index in [1.165, 1.54) is 0 Å². The predicted octanol–water partition coefficient (Wildman–Crippen LogP) is 2.43. The average Bonchev–Trinajstić information content (AvgIpc) is 2.88. The fraction of sp³-hybridized carbons (Fsp3) is 0.769. The summed E-state index contributed by atoms with van der Waals surface area (Å²) in [5.41, 5.74) is 1.15. The molecule has 102 valence electrons. The van der Waals surface area contributed by atoms with Gasteiger partial charge in [0.1, 0.15) is 0 Å². The summed E-state index contributed by atoms with van der Waals surface area (Å²) in [6.07, 6.45) is 1.11. The summed E-state index contributed by atoms with van der Waals surface area (Å²) in [5, 5.41) is 6.72. The van der Waals surface area contributed by atoms with E-state index in [1.807, 2.05) is 0 Å². The highest BCUT2D eigenvalue weighted by Gasteiger charge is 2.24. The van der Waals surface area contributed by atoms with Crippen molar-refractivity contribution in [2.24, 2.45) is 0 Å². The number of nitrogens with zero attached hydrogens (tertiary/aromatic N) is 2. The van der Waals surface area contributed by atoms with Gasteiger partial charge in [-0.1, -0.05) is 13.8 Å². The van der Waals surface area contributed by atoms with Crippen molar-refractivity contribution in [2.75, 3.05) is 31.2 Å². The van der Waals surface area contributed by atoms with Crippen molar-refractivity contribution in [3.63, 3.8) is 0 Å². The molecular weight excluding hydrogens is 246 g/mol. The molecule has 2 atom stereocenters. The van der Waals surface area contributed by atoms with E-state index in [2.05, 4.69) is 36.4 Å². The molecule has 1 fully saturated rings. The smallest absolute Gasteiger partial charge is 0.185 e. The maximum Gasteiger partial charge on any atom is 0.185 e. The Bertz CT molecular complexity index is 369. The molecule has 1 aliphatic heterocycles. The van der Waals surface area contributed by atoms with Gasteiger partial charge in [-0.05, 0) is 19.9 Å². The van der Waals surface area contributed by atoms with Crippen molar-refractivity contribution in [2.45, 2.75) is 39.3 Å². The Morgan fingerprint density at radius 1 is 1.61 bits per heavy atom. The molecule has 0 spiro atoms. The van der Waals surface area contributed by atoms with Crippen molar-refractivity contribution in [3.8, 4) is 0 Å². The Morgan fingerprint density at radius 3 is 3.17 bits per heavy atom. The molecule has 1 aromatic heterocycles. The monoisotopic (exact) mass is 269 g/mol. The summed E-state index contributed by atoms with van der Waals surface area (Å²) in [7, 11) is 0. The third-order valence-electron chi connectivity index (χ3n) is 3.41. The molecule has 0 radical (unpaired) electrons. The van der Waals surface area contributed by atoms with Crippen molar-refractivity contribution in [1.82, 2.24) is 10.3 Å². The largest absolute Gasteiger partial charge is 0.377 e. The van der Waals surface area contributed by atoms with Gasteiger partial charge in [0.15, 0.2) is 5.13 Å². The van der Waals surface area contributed by atoms with E-state index in [9.17, 15) is 0 Å². The van der Waals surface area contributed by atoms with E-state index in [1.54, 1.807) is 11.3 Å². The number of aromatic nitrogens is 1. The van der Waals surface area contributed by atoms with Crippen LogP contribution in [0.5, 0.6) is 0 Å². The summed E-state index contributed by atoms with van der Waals surface area (Å²) < 4.78 is 5.54. The SMILES string of the molecule is CCNC(C)c1csc(N2CCOCC2CC)n1. The molecule has 1 aliphatic rings. The highest BCUT2D eigenvalue weighted by atomic mass is 32.1. The lowest BCUT2D eigenvalue weighted by Gasteiger charge is -2.34. The van der Waals surface area contributed by atoms with Gasteiger partial charge < -0.3 is 15.0 Å². The Kier molecular flexibility index (Phi) is 4.97. The number of morpholine rings is 1. The molecule has 1 N–H and O–H groups in total. The van der Waals surface area contributed by atoms with Gasteiger partial charge in [-0.25, -0.2) is 4.98 Å². The van der Waals surface area contributed by atoms with Crippen LogP contribution in [0.2, 0.25) is 0 Å². The number of nitrogens with one attached hydrogen (secondary N) is 1. The molecule has 1 aromatic rings. The molecular formula is C13H23N3OS. The minimum atomic E-state index is 0.334. The first-order valence-corrected chi connectivity index (χ1v) is 7.67. The number of anilines is 1. The molecule has 2 heterocycles. The van der Waals surface area contributed by atoms with Crippen LogP contribution in [-0.4, -0.2) is 37.3 Å². The number of ether oxygens (including phenoxy) is 1. The zero-order valence-corrected chi connectivity index (χ0v) is 12.3. The molecule has 18 heavy (non-hydrogen) atoms. The quantitative estimate of drug-likeness (QED) is 0.891. The van der Waals surface area contributed by atoms with Gasteiger partial charge in [0.2, 0.25) is 0 Å². The summed E-state index contributed by atoms with van der Waals surface area (Å²) in [5.74, 6) is 0. The molecule has 1 saturated heterocycles. The van der Waals surface area contributed by atoms with Crippen LogP contribution in [0.15, 0.2) is 5.38 Å². The first-order valence-electron chi connectivity index (χ1n) is 6.79. The molecule has 2 rings (SSSR count). The Hall–Kier alpha value is -0.650. The maximum atomic E-state index is 5.54. The first kappa shape index (κ1) is 13.8. The van der Waals surface area contributed by atoms with Crippen LogP contribution in [0.25, 0.3) is 0 Å². The molecule has 4 nitrogen and oxygen atoms in total. The van der Waals surface area contributed by atoms with E-state index < -0.39 is 0 Å². The first-order chi connectivity index (χ1) is 8.76. The Labute approximate surface area is 113 Å². The zero-order valence-electron chi connectivity index (χ0n) is 11.5. The second kappa shape index (κ2) is 6.50. The highest BCUT2D eigenvalue weighted by Crippen LogP contribution is 2.27. The Balaban J connectivity index is 2.08. The standard InChI is InChI=1S/C13H23N3OS/c1-4-11-8-17-7-6-16(11)13-15-12(9-18-13)10(3)14-5-2/h9-11,14H,4-8H2,1-3H3. The normalized spacial score (nSPS) is 22.2. The average molecular weight is 269 g/mol. The molecule has 0 amide bonds. The Morgan fingerprint density at radius 2 is 2.44 bits per heavy atom. The van der Waals surface area contributed by atoms with Crippen LogP contribution in [0, 0.1) is 0 Å². The summed E-state index contributed by atoms with van der Waals surface area (Å²) in [6, 6.07) is 0.813. The van der Waals surface area contributed by atoms with Crippen LogP contribution in [0.3, 0.4) is 0 Å². The minimum Gasteiger partial charge on any atom is -0.377 e. The number of hydrogen-bond acceptors (Lipinski definition) is 5. The van der Waals surface area contributed by atoms with E-state index in [4.69, 9.17) is 9.72 Å². The van der Waals surface area contributed by atoms with E-state index in [0.717, 1.165) is 43.5 Å². The maximum absolute atomic E-state index is 5.54. The van der Waals surface area contributed by atoms with Gasteiger partial charge in [0.05, 0.1) is 24.9 Å². The lowest BCUT2D eigenvalue weighted by Crippen LogP contribution is -2.45. The number of thiazole rings is 1. The minimum absolute atomic E-state index is 0.334.